The van der Waals surface area contributed by atoms with E-state index < -0.39 is 5.92 Å². The summed E-state index contributed by atoms with van der Waals surface area (Å²) in [5.74, 6) is -0.228. The second kappa shape index (κ2) is 6.09. The van der Waals surface area contributed by atoms with Crippen LogP contribution in [0.3, 0.4) is 0 Å². The molecule has 2 aromatic carbocycles. The van der Waals surface area contributed by atoms with Gasteiger partial charge < -0.3 is 9.72 Å². The molecule has 2 N–H and O–H groups in total. The van der Waals surface area contributed by atoms with Crippen LogP contribution in [0.4, 0.5) is 0 Å². The van der Waals surface area contributed by atoms with Crippen molar-refractivity contribution in [2.24, 2.45) is 0 Å². The van der Waals surface area contributed by atoms with Gasteiger partial charge >= 0.3 is 0 Å². The van der Waals surface area contributed by atoms with Crippen molar-refractivity contribution >= 4 is 22.7 Å². The summed E-state index contributed by atoms with van der Waals surface area (Å²) in [6.07, 6.45) is 0.180. The molecule has 0 spiro atoms. The van der Waals surface area contributed by atoms with Crippen LogP contribution in [-0.2, 0) is 16.2 Å². The van der Waals surface area contributed by atoms with Crippen LogP contribution >= 0.6 is 0 Å². The third-order valence-corrected chi connectivity index (χ3v) is 4.58. The molecule has 0 radical (unpaired) electrons. The summed E-state index contributed by atoms with van der Waals surface area (Å²) >= 11 is 0. The molecule has 1 saturated heterocycles. The van der Waals surface area contributed by atoms with E-state index in [9.17, 15) is 9.59 Å². The molecule has 4 rings (SSSR count). The van der Waals surface area contributed by atoms with Gasteiger partial charge in [-0.3, -0.25) is 14.9 Å². The van der Waals surface area contributed by atoms with E-state index in [0.29, 0.717) is 12.4 Å². The molecule has 1 atom stereocenters. The minimum atomic E-state index is -0.470. The maximum Gasteiger partial charge on any atom is 0.234 e. The van der Waals surface area contributed by atoms with Crippen molar-refractivity contribution < 1.29 is 14.3 Å². The van der Waals surface area contributed by atoms with Gasteiger partial charge in [0.25, 0.3) is 0 Å². The number of ether oxygens (including phenoxy) is 1. The molecule has 5 nitrogen and oxygen atoms in total. The van der Waals surface area contributed by atoms with Gasteiger partial charge in [0.05, 0.1) is 5.92 Å². The van der Waals surface area contributed by atoms with Crippen LogP contribution in [0.2, 0.25) is 0 Å². The lowest BCUT2D eigenvalue weighted by Crippen LogP contribution is -2.21. The molecule has 5 heteroatoms. The number of rotatable bonds is 4. The number of amides is 2. The van der Waals surface area contributed by atoms with Gasteiger partial charge in [-0.05, 0) is 30.2 Å². The Morgan fingerprint density at radius 3 is 2.60 bits per heavy atom. The minimum absolute atomic E-state index is 0.180. The summed E-state index contributed by atoms with van der Waals surface area (Å²) in [6.45, 7) is 2.37. The Bertz CT molecular complexity index is 960. The average Bonchev–Trinajstić information content (AvgIpc) is 3.11. The summed E-state index contributed by atoms with van der Waals surface area (Å²) in [5.41, 5.74) is 3.72. The highest BCUT2D eigenvalue weighted by Gasteiger charge is 2.35. The number of carbonyl (C=O) groups excluding carboxylic acids is 2. The minimum Gasteiger partial charge on any atom is -0.488 e. The van der Waals surface area contributed by atoms with Crippen molar-refractivity contribution in [1.82, 2.24) is 10.3 Å². The van der Waals surface area contributed by atoms with E-state index in [4.69, 9.17) is 4.74 Å². The number of imide groups is 1. The van der Waals surface area contributed by atoms with Crippen LogP contribution in [0.25, 0.3) is 10.9 Å². The molecule has 0 bridgehead atoms. The van der Waals surface area contributed by atoms with Crippen molar-refractivity contribution in [3.05, 3.63) is 65.4 Å². The first-order chi connectivity index (χ1) is 12.1. The molecule has 1 fully saturated rings. The number of aromatic nitrogens is 1. The molecule has 1 aliphatic rings. The molecule has 2 heterocycles. The predicted molar refractivity (Wildman–Crippen MR) is 94.3 cm³/mol. The first-order valence-electron chi connectivity index (χ1n) is 8.25. The Labute approximate surface area is 145 Å². The Balaban J connectivity index is 1.75. The van der Waals surface area contributed by atoms with Gasteiger partial charge in [-0.25, -0.2) is 0 Å². The third-order valence-electron chi connectivity index (χ3n) is 4.58. The van der Waals surface area contributed by atoms with E-state index in [1.54, 1.807) is 0 Å². The molecule has 25 heavy (non-hydrogen) atoms. The van der Waals surface area contributed by atoms with Gasteiger partial charge in [0, 0.05) is 23.0 Å². The van der Waals surface area contributed by atoms with Crippen molar-refractivity contribution in [3.63, 3.8) is 0 Å². The topological polar surface area (TPSA) is 71.2 Å². The summed E-state index contributed by atoms with van der Waals surface area (Å²) in [7, 11) is 0. The Morgan fingerprint density at radius 1 is 1.08 bits per heavy atom. The molecule has 1 aliphatic heterocycles. The number of H-pyrrole nitrogens is 1. The molecule has 0 aliphatic carbocycles. The molecule has 1 aromatic heterocycles. The molecule has 0 saturated carbocycles. The predicted octanol–water partition coefficient (Wildman–Crippen LogP) is 3.19. The van der Waals surface area contributed by atoms with E-state index in [1.165, 1.54) is 0 Å². The van der Waals surface area contributed by atoms with Crippen LogP contribution < -0.4 is 10.1 Å². The van der Waals surface area contributed by atoms with Crippen LogP contribution in [0.1, 0.15) is 29.2 Å². The Morgan fingerprint density at radius 2 is 1.88 bits per heavy atom. The summed E-state index contributed by atoms with van der Waals surface area (Å²) < 4.78 is 6.04. The van der Waals surface area contributed by atoms with Crippen LogP contribution in [0.5, 0.6) is 5.75 Å². The van der Waals surface area contributed by atoms with Crippen LogP contribution in [-0.4, -0.2) is 16.8 Å². The van der Waals surface area contributed by atoms with Gasteiger partial charge in [-0.2, -0.15) is 0 Å². The number of fused-ring (bicyclic) bond motifs is 1. The standard InChI is InChI=1S/C20H18N2O3/c1-12-18(14-10-17(23)22-20(14)24)19-15(21-12)8-5-9-16(19)25-11-13-6-3-2-4-7-13/h2-9,14,21H,10-11H2,1H3,(H,22,23,24). The first kappa shape index (κ1) is 15.4. The number of nitrogens with one attached hydrogen (secondary N) is 2. The van der Waals surface area contributed by atoms with Gasteiger partial charge in [0.15, 0.2) is 0 Å². The maximum absolute atomic E-state index is 12.2. The normalized spacial score (nSPS) is 17.1. The quantitative estimate of drug-likeness (QED) is 0.720. The van der Waals surface area contributed by atoms with Crippen molar-refractivity contribution in [1.29, 1.82) is 0 Å². The third kappa shape index (κ3) is 2.78. The zero-order chi connectivity index (χ0) is 17.4. The van der Waals surface area contributed by atoms with E-state index in [1.807, 2.05) is 55.5 Å². The number of aryl methyl sites for hydroxylation is 1. The number of carbonyl (C=O) groups is 2. The van der Waals surface area contributed by atoms with Crippen molar-refractivity contribution in [2.75, 3.05) is 0 Å². The smallest absolute Gasteiger partial charge is 0.234 e. The molecule has 126 valence electrons. The van der Waals surface area contributed by atoms with Crippen LogP contribution in [0, 0.1) is 6.92 Å². The van der Waals surface area contributed by atoms with E-state index >= 15 is 0 Å². The maximum atomic E-state index is 12.2. The van der Waals surface area contributed by atoms with E-state index in [2.05, 4.69) is 10.3 Å². The second-order valence-corrected chi connectivity index (χ2v) is 6.29. The molecular weight excluding hydrogens is 316 g/mol. The number of benzene rings is 2. The zero-order valence-corrected chi connectivity index (χ0v) is 13.8. The number of aromatic amines is 1. The first-order valence-corrected chi connectivity index (χ1v) is 8.25. The summed E-state index contributed by atoms with van der Waals surface area (Å²) in [5, 5.41) is 3.27. The number of hydrogen-bond acceptors (Lipinski definition) is 3. The fourth-order valence-corrected chi connectivity index (χ4v) is 3.45. The molecule has 3 aromatic rings. The average molecular weight is 334 g/mol. The van der Waals surface area contributed by atoms with Gasteiger partial charge in [0.1, 0.15) is 12.4 Å². The van der Waals surface area contributed by atoms with Gasteiger partial charge in [0.2, 0.25) is 11.8 Å². The lowest BCUT2D eigenvalue weighted by Gasteiger charge is -2.12. The highest BCUT2D eigenvalue weighted by atomic mass is 16.5. The Hall–Kier alpha value is -3.08. The summed E-state index contributed by atoms with van der Waals surface area (Å²) in [6, 6.07) is 15.7. The van der Waals surface area contributed by atoms with Crippen molar-refractivity contribution in [2.45, 2.75) is 25.9 Å². The largest absolute Gasteiger partial charge is 0.488 e. The second-order valence-electron chi connectivity index (χ2n) is 6.29. The number of hydrogen-bond donors (Lipinski definition) is 2. The lowest BCUT2D eigenvalue weighted by atomic mass is 9.94. The lowest BCUT2D eigenvalue weighted by molar-refractivity contribution is -0.125. The molecular formula is C20H18N2O3. The Kier molecular flexibility index (Phi) is 3.76. The van der Waals surface area contributed by atoms with E-state index in [-0.39, 0.29) is 18.2 Å². The van der Waals surface area contributed by atoms with E-state index in [0.717, 1.165) is 27.7 Å². The fourth-order valence-electron chi connectivity index (χ4n) is 3.45. The highest BCUT2D eigenvalue weighted by Crippen LogP contribution is 2.38. The van der Waals surface area contributed by atoms with Crippen molar-refractivity contribution in [3.8, 4) is 5.75 Å². The fraction of sp³-hybridized carbons (Fsp3) is 0.200. The molecule has 2 amide bonds. The molecule has 1 unspecified atom stereocenters. The highest BCUT2D eigenvalue weighted by molar-refractivity contribution is 6.08. The summed E-state index contributed by atoms with van der Waals surface area (Å²) in [4.78, 5) is 27.1. The van der Waals surface area contributed by atoms with Gasteiger partial charge in [-0.1, -0.05) is 36.4 Å². The monoisotopic (exact) mass is 334 g/mol. The zero-order valence-electron chi connectivity index (χ0n) is 13.8. The SMILES string of the molecule is Cc1[nH]c2cccc(OCc3ccccc3)c2c1C1CC(=O)NC1=O. The van der Waals surface area contributed by atoms with Gasteiger partial charge in [-0.15, -0.1) is 0 Å². The van der Waals surface area contributed by atoms with Crippen LogP contribution in [0.15, 0.2) is 48.5 Å².